The van der Waals surface area contributed by atoms with E-state index in [0.717, 1.165) is 54.1 Å². The van der Waals surface area contributed by atoms with Crippen LogP contribution in [-0.2, 0) is 35.3 Å². The molecule has 2 atom stereocenters. The highest BCUT2D eigenvalue weighted by Gasteiger charge is 2.35. The molecule has 1 aromatic carbocycles. The van der Waals surface area contributed by atoms with Crippen molar-refractivity contribution in [3.8, 4) is 5.75 Å². The fourth-order valence-corrected chi connectivity index (χ4v) is 5.16. The summed E-state index contributed by atoms with van der Waals surface area (Å²) in [5.41, 5.74) is 12.0. The number of fused-ring (bicyclic) bond motifs is 3. The van der Waals surface area contributed by atoms with E-state index in [9.17, 15) is 0 Å². The Balaban J connectivity index is 1.58. The van der Waals surface area contributed by atoms with Crippen LogP contribution in [0.5, 0.6) is 5.75 Å². The van der Waals surface area contributed by atoms with Gasteiger partial charge in [0.25, 0.3) is 0 Å². The van der Waals surface area contributed by atoms with E-state index in [4.69, 9.17) is 29.9 Å². The van der Waals surface area contributed by atoms with Gasteiger partial charge in [0.2, 0.25) is 0 Å². The number of hydrogen-bond donors (Lipinski definition) is 1. The van der Waals surface area contributed by atoms with E-state index in [-0.39, 0.29) is 12.0 Å². The molecule has 3 heterocycles. The summed E-state index contributed by atoms with van der Waals surface area (Å²) >= 11 is 0. The van der Waals surface area contributed by atoms with Gasteiger partial charge in [-0.1, -0.05) is 12.1 Å². The quantitative estimate of drug-likeness (QED) is 0.625. The van der Waals surface area contributed by atoms with Crippen LogP contribution >= 0.6 is 0 Å². The van der Waals surface area contributed by atoms with Gasteiger partial charge in [-0.25, -0.2) is 9.97 Å². The Bertz CT molecular complexity index is 1150. The second kappa shape index (κ2) is 8.61. The molecule has 2 aromatic heterocycles. The summed E-state index contributed by atoms with van der Waals surface area (Å²) < 4.78 is 19.9. The number of aromatic nitrogens is 3. The number of nitrogens with zero attached hydrogens (tertiary/aromatic N) is 3. The lowest BCUT2D eigenvalue weighted by atomic mass is 9.94. The van der Waals surface area contributed by atoms with Crippen LogP contribution in [0.15, 0.2) is 24.3 Å². The minimum absolute atomic E-state index is 0.0787. The number of nitrogens with two attached hydrogens (primary N) is 1. The van der Waals surface area contributed by atoms with E-state index in [1.165, 1.54) is 17.5 Å². The maximum atomic E-state index is 6.44. The van der Waals surface area contributed by atoms with Gasteiger partial charge in [-0.05, 0) is 69.7 Å². The lowest BCUT2D eigenvalue weighted by Gasteiger charge is -2.40. The van der Waals surface area contributed by atoms with Crippen molar-refractivity contribution in [2.75, 3.05) is 19.5 Å². The van der Waals surface area contributed by atoms with Crippen molar-refractivity contribution >= 4 is 16.9 Å². The molecule has 0 radical (unpaired) electrons. The highest BCUT2D eigenvalue weighted by Crippen LogP contribution is 2.34. The van der Waals surface area contributed by atoms with Crippen LogP contribution < -0.4 is 10.5 Å². The topological polar surface area (TPSA) is 84.4 Å². The van der Waals surface area contributed by atoms with Crippen molar-refractivity contribution in [3.05, 3.63) is 46.9 Å². The molecule has 1 aliphatic carbocycles. The number of anilines is 1. The van der Waals surface area contributed by atoms with Crippen molar-refractivity contribution in [2.24, 2.45) is 5.92 Å². The Labute approximate surface area is 195 Å². The zero-order chi connectivity index (χ0) is 23.2. The number of rotatable bonds is 5. The highest BCUT2D eigenvalue weighted by molar-refractivity contribution is 5.89. The third-order valence-corrected chi connectivity index (χ3v) is 6.99. The Hall–Kier alpha value is -2.64. The lowest BCUT2D eigenvalue weighted by Crippen LogP contribution is -2.45. The maximum Gasteiger partial charge on any atom is 0.163 e. The van der Waals surface area contributed by atoms with Crippen LogP contribution in [0.3, 0.4) is 0 Å². The zero-order valence-corrected chi connectivity index (χ0v) is 20.1. The molecule has 1 saturated heterocycles. The second-order valence-electron chi connectivity index (χ2n) is 9.78. The van der Waals surface area contributed by atoms with Gasteiger partial charge in [-0.15, -0.1) is 0 Å². The molecular weight excluding hydrogens is 416 g/mol. The standard InChI is InChI=1S/C26H34N4O3/c1-16-18(15-32-26(2,3)33-16)14-30-22(13-17-9-11-19(31-4)12-10-17)29-23-24(30)20-7-5-6-8-21(20)28-25(23)27/h9-12,16,18H,5-8,13-15H2,1-4H3,(H2,27,28). The van der Waals surface area contributed by atoms with Crippen molar-refractivity contribution in [3.63, 3.8) is 0 Å². The Morgan fingerprint density at radius 3 is 2.64 bits per heavy atom. The molecular formula is C26H34N4O3. The van der Waals surface area contributed by atoms with E-state index in [2.05, 4.69) is 23.6 Å². The number of imidazole rings is 1. The fourth-order valence-electron chi connectivity index (χ4n) is 5.16. The molecule has 0 spiro atoms. The first kappa shape index (κ1) is 22.2. The SMILES string of the molecule is COc1ccc(Cc2nc3c(N)nc4c(c3n2CC2COC(C)(C)OC2C)CCCC4)cc1. The summed E-state index contributed by atoms with van der Waals surface area (Å²) in [5, 5.41) is 0. The monoisotopic (exact) mass is 450 g/mol. The largest absolute Gasteiger partial charge is 0.497 e. The number of aryl methyl sites for hydroxylation is 2. The molecule has 2 unspecified atom stereocenters. The average molecular weight is 451 g/mol. The molecule has 3 aromatic rings. The molecule has 2 aliphatic rings. The average Bonchev–Trinajstić information content (AvgIpc) is 3.14. The fraction of sp³-hybridized carbons (Fsp3) is 0.538. The van der Waals surface area contributed by atoms with Gasteiger partial charge in [0, 0.05) is 24.6 Å². The van der Waals surface area contributed by atoms with Crippen molar-refractivity contribution in [1.29, 1.82) is 0 Å². The predicted molar refractivity (Wildman–Crippen MR) is 128 cm³/mol. The molecule has 0 bridgehead atoms. The van der Waals surface area contributed by atoms with Gasteiger partial charge in [-0.2, -0.15) is 0 Å². The molecule has 5 rings (SSSR count). The van der Waals surface area contributed by atoms with Gasteiger partial charge in [0.1, 0.15) is 17.1 Å². The second-order valence-corrected chi connectivity index (χ2v) is 9.78. The van der Waals surface area contributed by atoms with Crippen molar-refractivity contribution < 1.29 is 14.2 Å². The van der Waals surface area contributed by atoms with Crippen LogP contribution in [0.25, 0.3) is 11.0 Å². The molecule has 0 amide bonds. The third-order valence-electron chi connectivity index (χ3n) is 6.99. The molecule has 2 N–H and O–H groups in total. The molecule has 176 valence electrons. The van der Waals surface area contributed by atoms with Gasteiger partial charge in [0.15, 0.2) is 11.6 Å². The van der Waals surface area contributed by atoms with Crippen LogP contribution in [0.4, 0.5) is 5.82 Å². The van der Waals surface area contributed by atoms with E-state index in [0.29, 0.717) is 18.8 Å². The Morgan fingerprint density at radius 2 is 1.91 bits per heavy atom. The Kier molecular flexibility index (Phi) is 5.79. The number of benzene rings is 1. The summed E-state index contributed by atoms with van der Waals surface area (Å²) in [6, 6.07) is 8.18. The summed E-state index contributed by atoms with van der Waals surface area (Å²) in [7, 11) is 1.68. The summed E-state index contributed by atoms with van der Waals surface area (Å²) in [6.45, 7) is 7.52. The summed E-state index contributed by atoms with van der Waals surface area (Å²) in [6.07, 6.45) is 5.12. The van der Waals surface area contributed by atoms with E-state index >= 15 is 0 Å². The highest BCUT2D eigenvalue weighted by atomic mass is 16.7. The number of ether oxygens (including phenoxy) is 3. The summed E-state index contributed by atoms with van der Waals surface area (Å²) in [5.74, 6) is 2.05. The predicted octanol–water partition coefficient (Wildman–Crippen LogP) is 4.28. The van der Waals surface area contributed by atoms with Gasteiger partial charge >= 0.3 is 0 Å². The zero-order valence-electron chi connectivity index (χ0n) is 20.1. The van der Waals surface area contributed by atoms with Crippen LogP contribution in [0.2, 0.25) is 0 Å². The molecule has 1 aliphatic heterocycles. The molecule has 7 nitrogen and oxygen atoms in total. The first-order valence-corrected chi connectivity index (χ1v) is 12.0. The minimum atomic E-state index is -0.549. The molecule has 0 saturated carbocycles. The lowest BCUT2D eigenvalue weighted by molar-refractivity contribution is -0.290. The smallest absolute Gasteiger partial charge is 0.163 e. The van der Waals surface area contributed by atoms with E-state index in [1.807, 2.05) is 26.0 Å². The first-order valence-electron chi connectivity index (χ1n) is 12.0. The minimum Gasteiger partial charge on any atom is -0.497 e. The van der Waals surface area contributed by atoms with Crippen LogP contribution in [0, 0.1) is 5.92 Å². The van der Waals surface area contributed by atoms with Gasteiger partial charge in [-0.3, -0.25) is 0 Å². The van der Waals surface area contributed by atoms with Crippen molar-refractivity contribution in [2.45, 2.75) is 71.3 Å². The number of hydrogen-bond acceptors (Lipinski definition) is 6. The maximum absolute atomic E-state index is 6.44. The molecule has 7 heteroatoms. The van der Waals surface area contributed by atoms with Gasteiger partial charge in [0.05, 0.1) is 25.3 Å². The van der Waals surface area contributed by atoms with Crippen molar-refractivity contribution in [1.82, 2.24) is 14.5 Å². The number of pyridine rings is 1. The van der Waals surface area contributed by atoms with E-state index < -0.39 is 5.79 Å². The number of methoxy groups -OCH3 is 1. The molecule has 33 heavy (non-hydrogen) atoms. The Morgan fingerprint density at radius 1 is 1.15 bits per heavy atom. The van der Waals surface area contributed by atoms with Gasteiger partial charge < -0.3 is 24.5 Å². The van der Waals surface area contributed by atoms with Crippen LogP contribution in [-0.4, -0.2) is 40.1 Å². The summed E-state index contributed by atoms with van der Waals surface area (Å²) in [4.78, 5) is 9.78. The normalized spacial score (nSPS) is 22.3. The van der Waals surface area contributed by atoms with E-state index in [1.54, 1.807) is 7.11 Å². The number of nitrogen functional groups attached to an aromatic ring is 1. The molecule has 1 fully saturated rings. The van der Waals surface area contributed by atoms with Crippen LogP contribution in [0.1, 0.15) is 56.3 Å². The first-order chi connectivity index (χ1) is 15.8. The third kappa shape index (κ3) is 4.32.